The summed E-state index contributed by atoms with van der Waals surface area (Å²) in [5, 5.41) is 0. The molecule has 3 heterocycles. The van der Waals surface area contributed by atoms with Crippen LogP contribution in [0.1, 0.15) is 23.3 Å². The van der Waals surface area contributed by atoms with Crippen molar-refractivity contribution < 1.29 is 14.3 Å². The Morgan fingerprint density at radius 1 is 1.40 bits per heavy atom. The van der Waals surface area contributed by atoms with Gasteiger partial charge >= 0.3 is 0 Å². The van der Waals surface area contributed by atoms with Crippen molar-refractivity contribution in [3.8, 4) is 11.5 Å². The number of ether oxygens (including phenoxy) is 2. The van der Waals surface area contributed by atoms with Gasteiger partial charge in [-0.15, -0.1) is 11.3 Å². The second-order valence-corrected chi connectivity index (χ2v) is 8.34. The van der Waals surface area contributed by atoms with Gasteiger partial charge in [0.25, 0.3) is 0 Å². The third-order valence-corrected chi connectivity index (χ3v) is 6.24. The Balaban J connectivity index is 1.89. The predicted octanol–water partition coefficient (Wildman–Crippen LogP) is 2.42. The second-order valence-electron chi connectivity index (χ2n) is 6.04. The highest BCUT2D eigenvalue weighted by molar-refractivity contribution is 9.11. The van der Waals surface area contributed by atoms with Crippen molar-refractivity contribution in [1.82, 2.24) is 9.88 Å². The number of carbonyl (C=O) groups excluding carboxylic acids is 1. The zero-order chi connectivity index (χ0) is 17.8. The highest BCUT2D eigenvalue weighted by atomic mass is 79.9. The number of fused-ring (bicyclic) bond motifs is 1. The molecule has 2 N–H and O–H groups in total. The molecule has 0 fully saturated rings. The van der Waals surface area contributed by atoms with Crippen LogP contribution in [0.4, 0.5) is 0 Å². The highest BCUT2D eigenvalue weighted by Crippen LogP contribution is 2.47. The first-order valence-electron chi connectivity index (χ1n) is 7.54. The van der Waals surface area contributed by atoms with Crippen LogP contribution in [0.5, 0.6) is 11.5 Å². The van der Waals surface area contributed by atoms with E-state index in [1.54, 1.807) is 13.2 Å². The summed E-state index contributed by atoms with van der Waals surface area (Å²) in [4.78, 5) is 24.2. The molecule has 1 aromatic heterocycles. The van der Waals surface area contributed by atoms with Crippen LogP contribution < -0.4 is 15.2 Å². The minimum absolute atomic E-state index is 0.126. The average molecular weight is 423 g/mol. The quantitative estimate of drug-likeness (QED) is 0.802. The third kappa shape index (κ3) is 2.49. The van der Waals surface area contributed by atoms with Gasteiger partial charge in [-0.05, 0) is 40.5 Å². The molecule has 0 bridgehead atoms. The number of guanidine groups is 1. The van der Waals surface area contributed by atoms with Crippen molar-refractivity contribution in [2.45, 2.75) is 18.4 Å². The summed E-state index contributed by atoms with van der Waals surface area (Å²) >= 11 is 4.82. The van der Waals surface area contributed by atoms with E-state index in [9.17, 15) is 4.79 Å². The van der Waals surface area contributed by atoms with E-state index in [2.05, 4.69) is 25.9 Å². The van der Waals surface area contributed by atoms with E-state index in [0.717, 1.165) is 14.4 Å². The molecule has 2 atom stereocenters. The summed E-state index contributed by atoms with van der Waals surface area (Å²) in [6.45, 7) is 2.08. The molecule has 25 heavy (non-hydrogen) atoms. The maximum absolute atomic E-state index is 13.1. The van der Waals surface area contributed by atoms with Crippen LogP contribution in [0.15, 0.2) is 33.3 Å². The number of nitrogens with zero attached hydrogens (tertiary/aromatic N) is 3. The molecule has 130 valence electrons. The Morgan fingerprint density at radius 3 is 2.88 bits per heavy atom. The summed E-state index contributed by atoms with van der Waals surface area (Å²) in [6.07, 6.45) is 1.73. The van der Waals surface area contributed by atoms with Gasteiger partial charge in [-0.3, -0.25) is 9.69 Å². The van der Waals surface area contributed by atoms with E-state index >= 15 is 0 Å². The Bertz CT molecular complexity index is 899. The van der Waals surface area contributed by atoms with Gasteiger partial charge in [0.15, 0.2) is 21.4 Å². The lowest BCUT2D eigenvalue weighted by atomic mass is 9.78. The molecule has 2 aliphatic rings. The summed E-state index contributed by atoms with van der Waals surface area (Å²) in [5.41, 5.74) is 5.94. The molecular formula is C16H15BrN4O3S. The summed E-state index contributed by atoms with van der Waals surface area (Å²) < 4.78 is 11.6. The van der Waals surface area contributed by atoms with Crippen molar-refractivity contribution >= 4 is 39.1 Å². The van der Waals surface area contributed by atoms with Gasteiger partial charge < -0.3 is 15.2 Å². The molecule has 0 spiro atoms. The molecule has 0 aliphatic carbocycles. The number of hydrogen-bond acceptors (Lipinski definition) is 7. The Kier molecular flexibility index (Phi) is 3.73. The fourth-order valence-corrected chi connectivity index (χ4v) is 4.56. The lowest BCUT2D eigenvalue weighted by Gasteiger charge is -2.39. The molecule has 9 heteroatoms. The zero-order valence-corrected chi connectivity index (χ0v) is 15.9. The van der Waals surface area contributed by atoms with E-state index in [1.165, 1.54) is 16.2 Å². The average Bonchev–Trinajstić information content (AvgIpc) is 3.21. The minimum atomic E-state index is -0.856. The van der Waals surface area contributed by atoms with Crippen LogP contribution in [0, 0.1) is 0 Å². The number of carbonyl (C=O) groups is 1. The molecule has 2 aromatic rings. The number of aromatic nitrogens is 1. The first-order chi connectivity index (χ1) is 11.9. The number of rotatable bonds is 2. The van der Waals surface area contributed by atoms with E-state index < -0.39 is 11.5 Å². The monoisotopic (exact) mass is 422 g/mol. The maximum atomic E-state index is 13.1. The highest BCUT2D eigenvalue weighted by Gasteiger charge is 2.48. The molecule has 0 radical (unpaired) electrons. The summed E-state index contributed by atoms with van der Waals surface area (Å²) in [5.74, 6) is 0.813. The van der Waals surface area contributed by atoms with E-state index in [-0.39, 0.29) is 18.7 Å². The van der Waals surface area contributed by atoms with Crippen molar-refractivity contribution in [2.75, 3.05) is 13.8 Å². The van der Waals surface area contributed by atoms with Crippen molar-refractivity contribution in [1.29, 1.82) is 0 Å². The van der Waals surface area contributed by atoms with E-state index in [0.29, 0.717) is 11.5 Å². The molecular weight excluding hydrogens is 408 g/mol. The van der Waals surface area contributed by atoms with Gasteiger partial charge in [-0.1, -0.05) is 6.07 Å². The number of aliphatic imine (C=N–C) groups is 1. The van der Waals surface area contributed by atoms with Gasteiger partial charge in [0.05, 0.1) is 10.8 Å². The molecule has 1 amide bonds. The topological polar surface area (TPSA) is 90.0 Å². The maximum Gasteiger partial charge on any atom is 0.239 e. The lowest BCUT2D eigenvalue weighted by molar-refractivity contribution is -0.130. The normalized spacial score (nSPS) is 25.2. The van der Waals surface area contributed by atoms with Gasteiger partial charge in [0.2, 0.25) is 12.7 Å². The number of nitrogens with two attached hydrogens (primary N) is 1. The number of halogens is 1. The predicted molar refractivity (Wildman–Crippen MR) is 96.9 cm³/mol. The lowest BCUT2D eigenvalue weighted by Crippen LogP contribution is -2.52. The van der Waals surface area contributed by atoms with Gasteiger partial charge in [0, 0.05) is 13.2 Å². The summed E-state index contributed by atoms with van der Waals surface area (Å²) in [6, 6.07) is 5.52. The van der Waals surface area contributed by atoms with Crippen molar-refractivity contribution in [3.63, 3.8) is 0 Å². The molecule has 2 aliphatic heterocycles. The van der Waals surface area contributed by atoms with Crippen LogP contribution in [0.25, 0.3) is 0 Å². The number of amides is 1. The van der Waals surface area contributed by atoms with Gasteiger partial charge in [-0.2, -0.15) is 0 Å². The molecule has 4 rings (SSSR count). The molecule has 0 unspecified atom stereocenters. The fraction of sp³-hybridized carbons (Fsp3) is 0.312. The zero-order valence-electron chi connectivity index (χ0n) is 13.5. The smallest absolute Gasteiger partial charge is 0.239 e. The molecule has 1 aromatic carbocycles. The first kappa shape index (κ1) is 16.3. The first-order valence-corrected chi connectivity index (χ1v) is 9.15. The van der Waals surface area contributed by atoms with Crippen LogP contribution in [0.3, 0.4) is 0 Å². The summed E-state index contributed by atoms with van der Waals surface area (Å²) in [7, 11) is 1.63. The fourth-order valence-electron chi connectivity index (χ4n) is 3.17. The Hall–Kier alpha value is -2.13. The number of benzene rings is 1. The van der Waals surface area contributed by atoms with Crippen LogP contribution in [0.2, 0.25) is 0 Å². The molecule has 0 saturated heterocycles. The standard InChI is InChI=1S/C16H15BrN4O3S/c1-16(11-6-19-14(17)25-11)12(13(22)21(2)15(18)20-16)8-3-4-9-10(5-8)24-7-23-9/h3-6,12H,7H2,1-2H3,(H2,18,20)/t12-,16-/m1/s1. The van der Waals surface area contributed by atoms with E-state index in [1.807, 2.05) is 25.1 Å². The Morgan fingerprint density at radius 2 is 2.16 bits per heavy atom. The second kappa shape index (κ2) is 5.70. The van der Waals surface area contributed by atoms with E-state index in [4.69, 9.17) is 15.2 Å². The number of hydrogen-bond donors (Lipinski definition) is 1. The van der Waals surface area contributed by atoms with Crippen molar-refractivity contribution in [3.05, 3.63) is 38.8 Å². The largest absolute Gasteiger partial charge is 0.454 e. The Labute approximate surface area is 156 Å². The number of likely N-dealkylation sites (N-methyl/N-ethyl adjacent to an activating group) is 1. The van der Waals surface area contributed by atoms with Crippen molar-refractivity contribution in [2.24, 2.45) is 10.7 Å². The number of thiazole rings is 1. The molecule has 7 nitrogen and oxygen atoms in total. The minimum Gasteiger partial charge on any atom is -0.454 e. The molecule has 0 saturated carbocycles. The van der Waals surface area contributed by atoms with Crippen LogP contribution in [-0.2, 0) is 10.3 Å². The van der Waals surface area contributed by atoms with Crippen LogP contribution in [-0.4, -0.2) is 35.6 Å². The SMILES string of the molecule is CN1C(=O)[C@@H](c2ccc3c(c2)OCO3)[C@@](C)(c2cnc(Br)s2)N=C1N. The van der Waals surface area contributed by atoms with Crippen LogP contribution >= 0.6 is 27.3 Å². The third-order valence-electron chi connectivity index (χ3n) is 4.54. The van der Waals surface area contributed by atoms with Gasteiger partial charge in [-0.25, -0.2) is 9.98 Å². The van der Waals surface area contributed by atoms with Gasteiger partial charge in [0.1, 0.15) is 5.54 Å².